The van der Waals surface area contributed by atoms with Crippen molar-refractivity contribution >= 4 is 17.5 Å². The molecule has 0 aliphatic carbocycles. The Morgan fingerprint density at radius 1 is 1.36 bits per heavy atom. The molecule has 2 atom stereocenters. The van der Waals surface area contributed by atoms with Gasteiger partial charge in [0, 0.05) is 23.8 Å². The van der Waals surface area contributed by atoms with E-state index in [-0.39, 0.29) is 5.38 Å². The third-order valence-corrected chi connectivity index (χ3v) is 2.01. The fourth-order valence-corrected chi connectivity index (χ4v) is 1.50. The van der Waals surface area contributed by atoms with Gasteiger partial charge in [0.05, 0.1) is 0 Å². The lowest BCUT2D eigenvalue weighted by Gasteiger charge is -2.14. The molecule has 0 bridgehead atoms. The van der Waals surface area contributed by atoms with Crippen molar-refractivity contribution in [2.45, 2.75) is 38.6 Å². The lowest BCUT2D eigenvalue weighted by atomic mass is 10.2. The van der Waals surface area contributed by atoms with Gasteiger partial charge < -0.3 is 5.32 Å². The van der Waals surface area contributed by atoms with Crippen molar-refractivity contribution in [3.8, 4) is 0 Å². The Bertz CT molecular complexity index is 271. The summed E-state index contributed by atoms with van der Waals surface area (Å²) in [5, 5.41) is 3.36. The molecule has 0 fully saturated rings. The molecule has 0 aromatic carbocycles. The van der Waals surface area contributed by atoms with Crippen molar-refractivity contribution in [3.63, 3.8) is 0 Å². The second-order valence-corrected chi connectivity index (χ2v) is 4.39. The molecule has 0 saturated carbocycles. The van der Waals surface area contributed by atoms with Gasteiger partial charge in [-0.15, -0.1) is 11.6 Å². The quantitative estimate of drug-likeness (QED) is 0.782. The van der Waals surface area contributed by atoms with E-state index in [0.29, 0.717) is 12.0 Å². The van der Waals surface area contributed by atoms with E-state index in [4.69, 9.17) is 11.6 Å². The molecule has 2 unspecified atom stereocenters. The highest BCUT2D eigenvalue weighted by Crippen LogP contribution is 2.08. The smallest absolute Gasteiger partial charge is 0.222 e. The van der Waals surface area contributed by atoms with Gasteiger partial charge in [0.25, 0.3) is 0 Å². The first-order valence-corrected chi connectivity index (χ1v) is 5.21. The minimum absolute atomic E-state index is 0.169. The van der Waals surface area contributed by atoms with E-state index in [1.54, 1.807) is 12.4 Å². The molecule has 0 saturated heterocycles. The van der Waals surface area contributed by atoms with Crippen LogP contribution >= 0.6 is 11.6 Å². The molecule has 1 aromatic heterocycles. The predicted octanol–water partition coefficient (Wildman–Crippen LogP) is 2.60. The number of anilines is 1. The molecule has 4 heteroatoms. The number of aryl methyl sites for hydroxylation is 1. The highest BCUT2D eigenvalue weighted by molar-refractivity contribution is 6.20. The Kier molecular flexibility index (Phi) is 4.14. The average molecular weight is 214 g/mol. The number of nitrogens with one attached hydrogen (secondary N) is 1. The third-order valence-electron chi connectivity index (χ3n) is 1.83. The number of hydrogen-bond donors (Lipinski definition) is 1. The molecule has 1 heterocycles. The largest absolute Gasteiger partial charge is 0.352 e. The van der Waals surface area contributed by atoms with Gasteiger partial charge >= 0.3 is 0 Å². The Morgan fingerprint density at radius 2 is 1.93 bits per heavy atom. The van der Waals surface area contributed by atoms with Crippen molar-refractivity contribution in [2.75, 3.05) is 5.32 Å². The van der Waals surface area contributed by atoms with Gasteiger partial charge in [-0.3, -0.25) is 0 Å². The summed E-state index contributed by atoms with van der Waals surface area (Å²) in [7, 11) is 0. The van der Waals surface area contributed by atoms with E-state index in [2.05, 4.69) is 22.2 Å². The fourth-order valence-electron chi connectivity index (χ4n) is 1.23. The lowest BCUT2D eigenvalue weighted by molar-refractivity contribution is 0.689. The third kappa shape index (κ3) is 3.92. The molecular weight excluding hydrogens is 198 g/mol. The van der Waals surface area contributed by atoms with Crippen LogP contribution in [0.3, 0.4) is 0 Å². The van der Waals surface area contributed by atoms with Crippen LogP contribution in [0.5, 0.6) is 0 Å². The SMILES string of the molecule is Cc1cnc(NC(C)CC(C)Cl)nc1. The first-order valence-electron chi connectivity index (χ1n) is 4.77. The standard InChI is InChI=1S/C10H16ClN3/c1-7-5-12-10(13-6-7)14-9(3)4-8(2)11/h5-6,8-9H,4H2,1-3H3,(H,12,13,14). The number of hydrogen-bond acceptors (Lipinski definition) is 3. The maximum absolute atomic E-state index is 5.88. The van der Waals surface area contributed by atoms with Crippen LogP contribution in [0.25, 0.3) is 0 Å². The summed E-state index contributed by atoms with van der Waals surface area (Å²) in [5.41, 5.74) is 1.06. The van der Waals surface area contributed by atoms with E-state index < -0.39 is 0 Å². The Morgan fingerprint density at radius 3 is 2.43 bits per heavy atom. The van der Waals surface area contributed by atoms with Crippen LogP contribution in [0.1, 0.15) is 25.8 Å². The summed E-state index contributed by atoms with van der Waals surface area (Å²) in [5.74, 6) is 0.667. The Balaban J connectivity index is 2.47. The van der Waals surface area contributed by atoms with Crippen LogP contribution in [-0.2, 0) is 0 Å². The molecule has 0 amide bonds. The molecule has 78 valence electrons. The Labute approximate surface area is 89.9 Å². The molecule has 1 N–H and O–H groups in total. The van der Waals surface area contributed by atoms with Crippen molar-refractivity contribution in [1.82, 2.24) is 9.97 Å². The van der Waals surface area contributed by atoms with E-state index in [0.717, 1.165) is 12.0 Å². The molecule has 0 aliphatic heterocycles. The van der Waals surface area contributed by atoms with E-state index >= 15 is 0 Å². The molecule has 1 aromatic rings. The molecular formula is C10H16ClN3. The van der Waals surface area contributed by atoms with Crippen LogP contribution in [-0.4, -0.2) is 21.4 Å². The summed E-state index contributed by atoms with van der Waals surface area (Å²) in [4.78, 5) is 8.32. The summed E-state index contributed by atoms with van der Waals surface area (Å²) in [6.07, 6.45) is 4.50. The molecule has 14 heavy (non-hydrogen) atoms. The van der Waals surface area contributed by atoms with Crippen LogP contribution in [0.15, 0.2) is 12.4 Å². The fraction of sp³-hybridized carbons (Fsp3) is 0.600. The van der Waals surface area contributed by atoms with Gasteiger partial charge in [-0.05, 0) is 32.8 Å². The number of nitrogens with zero attached hydrogens (tertiary/aromatic N) is 2. The molecule has 0 radical (unpaired) electrons. The topological polar surface area (TPSA) is 37.8 Å². The van der Waals surface area contributed by atoms with Crippen LogP contribution in [0, 0.1) is 6.92 Å². The van der Waals surface area contributed by atoms with Crippen LogP contribution in [0.4, 0.5) is 5.95 Å². The lowest BCUT2D eigenvalue weighted by Crippen LogP contribution is -2.19. The van der Waals surface area contributed by atoms with Gasteiger partial charge in [0.1, 0.15) is 0 Å². The van der Waals surface area contributed by atoms with Crippen molar-refractivity contribution in [3.05, 3.63) is 18.0 Å². The Hall–Kier alpha value is -0.830. The number of aromatic nitrogens is 2. The highest BCUT2D eigenvalue weighted by atomic mass is 35.5. The zero-order chi connectivity index (χ0) is 10.6. The number of halogens is 1. The maximum Gasteiger partial charge on any atom is 0.222 e. The van der Waals surface area contributed by atoms with Gasteiger partial charge in [-0.1, -0.05) is 0 Å². The summed E-state index contributed by atoms with van der Waals surface area (Å²) in [6.45, 7) is 6.02. The van der Waals surface area contributed by atoms with Crippen molar-refractivity contribution in [2.24, 2.45) is 0 Å². The van der Waals surface area contributed by atoms with Crippen LogP contribution < -0.4 is 5.32 Å². The molecule has 0 spiro atoms. The van der Waals surface area contributed by atoms with Crippen molar-refractivity contribution < 1.29 is 0 Å². The minimum Gasteiger partial charge on any atom is -0.352 e. The second-order valence-electron chi connectivity index (χ2n) is 3.65. The van der Waals surface area contributed by atoms with Gasteiger partial charge in [-0.2, -0.15) is 0 Å². The minimum atomic E-state index is 0.169. The van der Waals surface area contributed by atoms with Crippen LogP contribution in [0.2, 0.25) is 0 Å². The van der Waals surface area contributed by atoms with Gasteiger partial charge in [-0.25, -0.2) is 9.97 Å². The maximum atomic E-state index is 5.88. The summed E-state index contributed by atoms with van der Waals surface area (Å²) < 4.78 is 0. The zero-order valence-electron chi connectivity index (χ0n) is 8.79. The molecule has 0 aliphatic rings. The number of rotatable bonds is 4. The summed E-state index contributed by atoms with van der Waals surface area (Å²) >= 11 is 5.88. The number of alkyl halides is 1. The predicted molar refractivity (Wildman–Crippen MR) is 59.8 cm³/mol. The van der Waals surface area contributed by atoms with E-state index in [1.807, 2.05) is 13.8 Å². The summed E-state index contributed by atoms with van der Waals surface area (Å²) in [6, 6.07) is 0.296. The van der Waals surface area contributed by atoms with E-state index in [9.17, 15) is 0 Å². The van der Waals surface area contributed by atoms with Crippen molar-refractivity contribution in [1.29, 1.82) is 0 Å². The monoisotopic (exact) mass is 213 g/mol. The first-order chi connectivity index (χ1) is 6.58. The second kappa shape index (κ2) is 5.15. The van der Waals surface area contributed by atoms with Gasteiger partial charge in [0.2, 0.25) is 5.95 Å². The first kappa shape index (κ1) is 11.2. The molecule has 1 rings (SSSR count). The average Bonchev–Trinajstić information content (AvgIpc) is 2.07. The van der Waals surface area contributed by atoms with Gasteiger partial charge in [0.15, 0.2) is 0 Å². The highest BCUT2D eigenvalue weighted by Gasteiger charge is 2.06. The normalized spacial score (nSPS) is 14.9. The van der Waals surface area contributed by atoms with E-state index in [1.165, 1.54) is 0 Å². The zero-order valence-corrected chi connectivity index (χ0v) is 9.54. The molecule has 3 nitrogen and oxygen atoms in total.